The molecule has 0 atom stereocenters. The standard InChI is InChI=1S/C24H26O3/c1-15(12-16-6-8-17(9-7-16)22(26)27)18-10-11-19-20(13-18)24(4,5)21(25)14-23(19,2)3/h6-13H,14H2,1-5H3,(H,26,27)/b15-12+. The first-order valence-electron chi connectivity index (χ1n) is 9.23. The molecule has 0 unspecified atom stereocenters. The maximum atomic E-state index is 12.7. The fourth-order valence-corrected chi connectivity index (χ4v) is 3.82. The number of carboxylic acids is 1. The Labute approximate surface area is 160 Å². The van der Waals surface area contributed by atoms with Crippen LogP contribution in [-0.2, 0) is 15.6 Å². The highest BCUT2D eigenvalue weighted by molar-refractivity contribution is 5.93. The monoisotopic (exact) mass is 362 g/mol. The molecule has 0 amide bonds. The number of Topliss-reactive ketones (excluding diaryl/α,β-unsaturated/α-hetero) is 1. The van der Waals surface area contributed by atoms with Crippen molar-refractivity contribution in [3.05, 3.63) is 70.3 Å². The second-order valence-corrected chi connectivity index (χ2v) is 8.62. The number of allylic oxidation sites excluding steroid dienone is 1. The number of hydrogen-bond acceptors (Lipinski definition) is 2. The average Bonchev–Trinajstić information content (AvgIpc) is 2.60. The molecule has 2 aromatic rings. The summed E-state index contributed by atoms with van der Waals surface area (Å²) >= 11 is 0. The molecule has 0 bridgehead atoms. The van der Waals surface area contributed by atoms with E-state index in [0.29, 0.717) is 6.42 Å². The van der Waals surface area contributed by atoms with Crippen molar-refractivity contribution in [2.45, 2.75) is 51.9 Å². The summed E-state index contributed by atoms with van der Waals surface area (Å²) in [5.41, 5.74) is 5.11. The largest absolute Gasteiger partial charge is 0.478 e. The van der Waals surface area contributed by atoms with Crippen LogP contribution in [0.1, 0.15) is 73.7 Å². The quantitative estimate of drug-likeness (QED) is 0.736. The van der Waals surface area contributed by atoms with Crippen molar-refractivity contribution in [3.63, 3.8) is 0 Å². The Morgan fingerprint density at radius 2 is 1.56 bits per heavy atom. The fourth-order valence-electron chi connectivity index (χ4n) is 3.82. The molecule has 0 fully saturated rings. The van der Waals surface area contributed by atoms with Crippen LogP contribution >= 0.6 is 0 Å². The number of aromatic carboxylic acids is 1. The summed E-state index contributed by atoms with van der Waals surface area (Å²) in [6.45, 7) is 10.3. The Morgan fingerprint density at radius 3 is 2.15 bits per heavy atom. The minimum atomic E-state index is -0.925. The summed E-state index contributed by atoms with van der Waals surface area (Å²) in [5, 5.41) is 9.02. The van der Waals surface area contributed by atoms with Crippen LogP contribution in [0.4, 0.5) is 0 Å². The van der Waals surface area contributed by atoms with Gasteiger partial charge < -0.3 is 5.11 Å². The highest BCUT2D eigenvalue weighted by Gasteiger charge is 2.43. The lowest BCUT2D eigenvalue weighted by atomic mass is 9.62. The van der Waals surface area contributed by atoms with Crippen molar-refractivity contribution in [1.29, 1.82) is 0 Å². The van der Waals surface area contributed by atoms with Crippen LogP contribution in [0.15, 0.2) is 42.5 Å². The van der Waals surface area contributed by atoms with Gasteiger partial charge in [-0.05, 0) is 66.1 Å². The van der Waals surface area contributed by atoms with Gasteiger partial charge >= 0.3 is 5.97 Å². The first kappa shape index (κ1) is 19.1. The summed E-state index contributed by atoms with van der Waals surface area (Å²) in [6.07, 6.45) is 2.60. The number of carboxylic acid groups (broad SMARTS) is 1. The third kappa shape index (κ3) is 3.46. The predicted molar refractivity (Wildman–Crippen MR) is 109 cm³/mol. The molecule has 0 aromatic heterocycles. The third-order valence-electron chi connectivity index (χ3n) is 5.72. The van der Waals surface area contributed by atoms with Crippen LogP contribution in [0.25, 0.3) is 11.6 Å². The predicted octanol–water partition coefficient (Wildman–Crippen LogP) is 5.47. The molecule has 3 nitrogen and oxygen atoms in total. The molecule has 1 N–H and O–H groups in total. The van der Waals surface area contributed by atoms with Gasteiger partial charge in [0, 0.05) is 11.8 Å². The summed E-state index contributed by atoms with van der Waals surface area (Å²) in [5.74, 6) is -0.644. The zero-order valence-corrected chi connectivity index (χ0v) is 16.6. The van der Waals surface area contributed by atoms with Gasteiger partial charge in [-0.3, -0.25) is 4.79 Å². The molecule has 1 aliphatic rings. The van der Waals surface area contributed by atoms with Crippen molar-refractivity contribution in [3.8, 4) is 0 Å². The molecule has 0 heterocycles. The molecular weight excluding hydrogens is 336 g/mol. The molecule has 0 saturated carbocycles. The van der Waals surface area contributed by atoms with E-state index in [2.05, 4.69) is 32.0 Å². The average molecular weight is 362 g/mol. The van der Waals surface area contributed by atoms with E-state index in [1.165, 1.54) is 5.56 Å². The van der Waals surface area contributed by atoms with E-state index in [-0.39, 0.29) is 16.8 Å². The normalized spacial score (nSPS) is 18.1. The summed E-state index contributed by atoms with van der Waals surface area (Å²) in [7, 11) is 0. The topological polar surface area (TPSA) is 54.4 Å². The zero-order chi connectivity index (χ0) is 20.0. The number of benzene rings is 2. The summed E-state index contributed by atoms with van der Waals surface area (Å²) < 4.78 is 0. The summed E-state index contributed by atoms with van der Waals surface area (Å²) in [4.78, 5) is 23.7. The molecule has 0 saturated heterocycles. The second-order valence-electron chi connectivity index (χ2n) is 8.62. The first-order valence-corrected chi connectivity index (χ1v) is 9.23. The SMILES string of the molecule is C/C(=C\c1ccc(C(=O)O)cc1)c1ccc2c(c1)C(C)(C)C(=O)CC2(C)C. The van der Waals surface area contributed by atoms with Gasteiger partial charge in [0.05, 0.1) is 5.56 Å². The third-order valence-corrected chi connectivity index (χ3v) is 5.72. The van der Waals surface area contributed by atoms with Gasteiger partial charge in [-0.25, -0.2) is 4.79 Å². The van der Waals surface area contributed by atoms with E-state index >= 15 is 0 Å². The first-order chi connectivity index (χ1) is 12.5. The van der Waals surface area contributed by atoms with Crippen LogP contribution < -0.4 is 0 Å². The molecule has 3 heteroatoms. The highest BCUT2D eigenvalue weighted by atomic mass is 16.4. The zero-order valence-electron chi connectivity index (χ0n) is 16.6. The number of ketones is 1. The van der Waals surface area contributed by atoms with Crippen molar-refractivity contribution >= 4 is 23.4 Å². The van der Waals surface area contributed by atoms with E-state index in [4.69, 9.17) is 5.11 Å². The van der Waals surface area contributed by atoms with Crippen LogP contribution in [-0.4, -0.2) is 16.9 Å². The van der Waals surface area contributed by atoms with E-state index < -0.39 is 11.4 Å². The van der Waals surface area contributed by atoms with E-state index in [1.54, 1.807) is 12.1 Å². The molecule has 0 aliphatic heterocycles. The van der Waals surface area contributed by atoms with Gasteiger partial charge in [-0.15, -0.1) is 0 Å². The number of fused-ring (bicyclic) bond motifs is 1. The van der Waals surface area contributed by atoms with E-state index in [0.717, 1.165) is 22.3 Å². The Hall–Kier alpha value is -2.68. The lowest BCUT2D eigenvalue weighted by Crippen LogP contribution is -2.42. The number of rotatable bonds is 3. The Morgan fingerprint density at radius 1 is 0.963 bits per heavy atom. The van der Waals surface area contributed by atoms with Crippen LogP contribution in [0.5, 0.6) is 0 Å². The second kappa shape index (κ2) is 6.49. The van der Waals surface area contributed by atoms with E-state index in [9.17, 15) is 9.59 Å². The molecule has 0 radical (unpaired) electrons. The minimum absolute atomic E-state index is 0.148. The van der Waals surface area contributed by atoms with Gasteiger partial charge in [0.25, 0.3) is 0 Å². The van der Waals surface area contributed by atoms with Gasteiger partial charge in [-0.1, -0.05) is 50.3 Å². The molecule has 1 aliphatic carbocycles. The lowest BCUT2D eigenvalue weighted by molar-refractivity contribution is -0.125. The molecule has 2 aromatic carbocycles. The van der Waals surface area contributed by atoms with Crippen molar-refractivity contribution in [2.24, 2.45) is 0 Å². The maximum Gasteiger partial charge on any atom is 0.335 e. The molecular formula is C24H26O3. The van der Waals surface area contributed by atoms with Gasteiger partial charge in [0.1, 0.15) is 5.78 Å². The molecule has 3 rings (SSSR count). The van der Waals surface area contributed by atoms with Crippen LogP contribution in [0, 0.1) is 0 Å². The van der Waals surface area contributed by atoms with Crippen molar-refractivity contribution in [2.75, 3.05) is 0 Å². The molecule has 0 spiro atoms. The Kier molecular flexibility index (Phi) is 4.59. The fraction of sp³-hybridized carbons (Fsp3) is 0.333. The lowest BCUT2D eigenvalue weighted by Gasteiger charge is -2.40. The van der Waals surface area contributed by atoms with Gasteiger partial charge in [0.15, 0.2) is 0 Å². The smallest absolute Gasteiger partial charge is 0.335 e. The number of hydrogen-bond donors (Lipinski definition) is 1. The van der Waals surface area contributed by atoms with Crippen molar-refractivity contribution < 1.29 is 14.7 Å². The van der Waals surface area contributed by atoms with E-state index in [1.807, 2.05) is 39.0 Å². The molecule has 27 heavy (non-hydrogen) atoms. The minimum Gasteiger partial charge on any atom is -0.478 e. The Bertz CT molecular complexity index is 944. The van der Waals surface area contributed by atoms with Crippen molar-refractivity contribution in [1.82, 2.24) is 0 Å². The maximum absolute atomic E-state index is 12.7. The number of carbonyl (C=O) groups is 2. The Balaban J connectivity index is 2.02. The molecule has 140 valence electrons. The van der Waals surface area contributed by atoms with Gasteiger partial charge in [0.2, 0.25) is 0 Å². The van der Waals surface area contributed by atoms with Gasteiger partial charge in [-0.2, -0.15) is 0 Å². The van der Waals surface area contributed by atoms with Crippen LogP contribution in [0.2, 0.25) is 0 Å². The highest BCUT2D eigenvalue weighted by Crippen LogP contribution is 2.44. The number of carbonyl (C=O) groups excluding carboxylic acids is 1. The van der Waals surface area contributed by atoms with Crippen LogP contribution in [0.3, 0.4) is 0 Å². The summed E-state index contributed by atoms with van der Waals surface area (Å²) in [6, 6.07) is 13.3.